The minimum absolute atomic E-state index is 0.0559. The first-order valence-corrected chi connectivity index (χ1v) is 8.22. The highest BCUT2D eigenvalue weighted by Gasteiger charge is 2.23. The first kappa shape index (κ1) is 18.4. The molecule has 1 aromatic rings. The number of benzene rings is 1. The van der Waals surface area contributed by atoms with Crippen LogP contribution in [0.15, 0.2) is 24.3 Å². The number of amides is 2. The summed E-state index contributed by atoms with van der Waals surface area (Å²) < 4.78 is 5.42. The van der Waals surface area contributed by atoms with Crippen LogP contribution >= 0.6 is 0 Å². The highest BCUT2D eigenvalue weighted by atomic mass is 16.5. The Morgan fingerprint density at radius 1 is 1.25 bits per heavy atom. The van der Waals surface area contributed by atoms with Crippen molar-refractivity contribution in [1.29, 1.82) is 0 Å². The van der Waals surface area contributed by atoms with Crippen LogP contribution in [-0.4, -0.2) is 62.7 Å². The molecule has 0 bridgehead atoms. The van der Waals surface area contributed by atoms with Crippen molar-refractivity contribution in [1.82, 2.24) is 15.5 Å². The van der Waals surface area contributed by atoms with Gasteiger partial charge < -0.3 is 21.1 Å². The lowest BCUT2D eigenvalue weighted by Crippen LogP contribution is -2.46. The van der Waals surface area contributed by atoms with E-state index in [9.17, 15) is 9.59 Å². The standard InChI is InChI=1S/C17H26N4O3/c1-13-3-2-4-14(9-13)15(21-5-7-24-8-6-21)11-19-17(23)12-20-16(22)10-18/h2-4,9,15H,5-8,10-12,18H2,1H3,(H,19,23)(H,20,22). The number of hydrogen-bond acceptors (Lipinski definition) is 5. The largest absolute Gasteiger partial charge is 0.379 e. The number of nitrogens with two attached hydrogens (primary N) is 1. The molecule has 7 nitrogen and oxygen atoms in total. The van der Waals surface area contributed by atoms with Crippen LogP contribution in [0, 0.1) is 6.92 Å². The molecule has 7 heteroatoms. The van der Waals surface area contributed by atoms with E-state index in [2.05, 4.69) is 40.7 Å². The monoisotopic (exact) mass is 334 g/mol. The minimum Gasteiger partial charge on any atom is -0.379 e. The van der Waals surface area contributed by atoms with Gasteiger partial charge in [-0.1, -0.05) is 29.8 Å². The maximum atomic E-state index is 11.9. The van der Waals surface area contributed by atoms with Crippen LogP contribution in [0.3, 0.4) is 0 Å². The summed E-state index contributed by atoms with van der Waals surface area (Å²) in [5.74, 6) is -0.559. The van der Waals surface area contributed by atoms with Crippen LogP contribution < -0.4 is 16.4 Å². The lowest BCUT2D eigenvalue weighted by Gasteiger charge is -2.35. The average molecular weight is 334 g/mol. The molecule has 0 spiro atoms. The van der Waals surface area contributed by atoms with Crippen LogP contribution in [0.2, 0.25) is 0 Å². The van der Waals surface area contributed by atoms with E-state index in [4.69, 9.17) is 10.5 Å². The molecule has 1 aliphatic heterocycles. The zero-order valence-corrected chi connectivity index (χ0v) is 14.1. The molecule has 1 fully saturated rings. The number of morpholine rings is 1. The minimum atomic E-state index is -0.339. The topological polar surface area (TPSA) is 96.7 Å². The second-order valence-electron chi connectivity index (χ2n) is 5.86. The Morgan fingerprint density at radius 3 is 2.67 bits per heavy atom. The molecule has 0 saturated carbocycles. The van der Waals surface area contributed by atoms with E-state index in [0.717, 1.165) is 13.1 Å². The third kappa shape index (κ3) is 5.59. The molecule has 0 radical (unpaired) electrons. The van der Waals surface area contributed by atoms with Crippen molar-refractivity contribution in [2.24, 2.45) is 5.73 Å². The maximum Gasteiger partial charge on any atom is 0.239 e. The summed E-state index contributed by atoms with van der Waals surface area (Å²) in [5, 5.41) is 5.38. The van der Waals surface area contributed by atoms with Gasteiger partial charge in [-0.3, -0.25) is 14.5 Å². The molecule has 24 heavy (non-hydrogen) atoms. The van der Waals surface area contributed by atoms with Crippen molar-refractivity contribution in [3.63, 3.8) is 0 Å². The predicted molar refractivity (Wildman–Crippen MR) is 91.4 cm³/mol. The van der Waals surface area contributed by atoms with Gasteiger partial charge in [-0.25, -0.2) is 0 Å². The highest BCUT2D eigenvalue weighted by molar-refractivity contribution is 5.85. The summed E-state index contributed by atoms with van der Waals surface area (Å²) in [7, 11) is 0. The fourth-order valence-electron chi connectivity index (χ4n) is 2.75. The van der Waals surface area contributed by atoms with Crippen molar-refractivity contribution in [2.75, 3.05) is 45.9 Å². The lowest BCUT2D eigenvalue weighted by atomic mass is 10.0. The molecule has 2 amide bonds. The number of ether oxygens (including phenoxy) is 1. The molecule has 4 N–H and O–H groups in total. The molecule has 0 aromatic heterocycles. The predicted octanol–water partition coefficient (Wildman–Crippen LogP) is -0.441. The van der Waals surface area contributed by atoms with E-state index in [0.29, 0.717) is 19.8 Å². The molecule has 1 aromatic carbocycles. The summed E-state index contributed by atoms with van der Waals surface area (Å²) in [4.78, 5) is 25.4. The summed E-state index contributed by atoms with van der Waals surface area (Å²) >= 11 is 0. The van der Waals surface area contributed by atoms with Crippen LogP contribution in [0.5, 0.6) is 0 Å². The van der Waals surface area contributed by atoms with E-state index < -0.39 is 0 Å². The SMILES string of the molecule is Cc1cccc(C(CNC(=O)CNC(=O)CN)N2CCOCC2)c1. The Morgan fingerprint density at radius 2 is 2.00 bits per heavy atom. The van der Waals surface area contributed by atoms with Gasteiger partial charge >= 0.3 is 0 Å². The van der Waals surface area contributed by atoms with Gasteiger partial charge in [0, 0.05) is 19.6 Å². The normalized spacial score (nSPS) is 16.4. The van der Waals surface area contributed by atoms with Crippen molar-refractivity contribution in [3.8, 4) is 0 Å². The third-order valence-corrected chi connectivity index (χ3v) is 4.04. The molecule has 1 unspecified atom stereocenters. The zero-order chi connectivity index (χ0) is 17.4. The smallest absolute Gasteiger partial charge is 0.239 e. The first-order chi connectivity index (χ1) is 11.6. The number of carbonyl (C=O) groups is 2. The molecule has 1 saturated heterocycles. The lowest BCUT2D eigenvalue weighted by molar-refractivity contribution is -0.125. The molecule has 1 heterocycles. The van der Waals surface area contributed by atoms with Gasteiger partial charge in [0.1, 0.15) is 0 Å². The molecule has 1 atom stereocenters. The van der Waals surface area contributed by atoms with E-state index in [1.165, 1.54) is 11.1 Å². The Balaban J connectivity index is 1.98. The summed E-state index contributed by atoms with van der Waals surface area (Å²) in [5.41, 5.74) is 7.56. The summed E-state index contributed by atoms with van der Waals surface area (Å²) in [6, 6.07) is 8.39. The maximum absolute atomic E-state index is 11.9. The van der Waals surface area contributed by atoms with Gasteiger partial charge in [-0.15, -0.1) is 0 Å². The number of rotatable bonds is 7. The van der Waals surface area contributed by atoms with Crippen LogP contribution in [0.25, 0.3) is 0 Å². The fraction of sp³-hybridized carbons (Fsp3) is 0.529. The Kier molecular flexibility index (Phi) is 7.17. The fourth-order valence-corrected chi connectivity index (χ4v) is 2.75. The number of nitrogens with zero attached hydrogens (tertiary/aromatic N) is 1. The number of nitrogens with one attached hydrogen (secondary N) is 2. The second kappa shape index (κ2) is 9.36. The highest BCUT2D eigenvalue weighted by Crippen LogP contribution is 2.22. The molecule has 1 aliphatic rings. The van der Waals surface area contributed by atoms with Gasteiger partial charge in [0.25, 0.3) is 0 Å². The number of aryl methyl sites for hydroxylation is 1. The molecular formula is C17H26N4O3. The molecule has 132 valence electrons. The third-order valence-electron chi connectivity index (χ3n) is 4.04. The quantitative estimate of drug-likeness (QED) is 0.628. The molecule has 2 rings (SSSR count). The van der Waals surface area contributed by atoms with Crippen molar-refractivity contribution >= 4 is 11.8 Å². The Hall–Kier alpha value is -1.96. The van der Waals surface area contributed by atoms with Crippen molar-refractivity contribution < 1.29 is 14.3 Å². The van der Waals surface area contributed by atoms with Crippen LogP contribution in [0.4, 0.5) is 0 Å². The van der Waals surface area contributed by atoms with E-state index >= 15 is 0 Å². The molecule has 0 aliphatic carbocycles. The second-order valence-corrected chi connectivity index (χ2v) is 5.86. The van der Waals surface area contributed by atoms with Gasteiger partial charge in [-0.05, 0) is 12.5 Å². The number of hydrogen-bond donors (Lipinski definition) is 3. The van der Waals surface area contributed by atoms with Gasteiger partial charge in [0.15, 0.2) is 0 Å². The van der Waals surface area contributed by atoms with Crippen LogP contribution in [0.1, 0.15) is 17.2 Å². The van der Waals surface area contributed by atoms with E-state index in [1.807, 2.05) is 6.07 Å². The Labute approximate surface area is 142 Å². The van der Waals surface area contributed by atoms with Gasteiger partial charge in [-0.2, -0.15) is 0 Å². The summed E-state index contributed by atoms with van der Waals surface area (Å²) in [6.45, 7) is 5.43. The molecular weight excluding hydrogens is 308 g/mol. The van der Waals surface area contributed by atoms with Crippen molar-refractivity contribution in [3.05, 3.63) is 35.4 Å². The van der Waals surface area contributed by atoms with Gasteiger partial charge in [0.2, 0.25) is 11.8 Å². The summed E-state index contributed by atoms with van der Waals surface area (Å²) in [6.07, 6.45) is 0. The van der Waals surface area contributed by atoms with Crippen LogP contribution in [-0.2, 0) is 14.3 Å². The first-order valence-electron chi connectivity index (χ1n) is 8.22. The van der Waals surface area contributed by atoms with Crippen molar-refractivity contribution in [2.45, 2.75) is 13.0 Å². The van der Waals surface area contributed by atoms with E-state index in [-0.39, 0.29) is 30.9 Å². The number of carbonyl (C=O) groups excluding carboxylic acids is 2. The zero-order valence-electron chi connectivity index (χ0n) is 14.1. The Bertz CT molecular complexity index is 559. The van der Waals surface area contributed by atoms with E-state index in [1.54, 1.807) is 0 Å². The average Bonchev–Trinajstić information content (AvgIpc) is 2.61. The van der Waals surface area contributed by atoms with Gasteiger partial charge in [0.05, 0.1) is 32.3 Å².